The van der Waals surface area contributed by atoms with E-state index < -0.39 is 41.1 Å². The van der Waals surface area contributed by atoms with Gasteiger partial charge in [0.05, 0.1) is 11.5 Å². The lowest BCUT2D eigenvalue weighted by Gasteiger charge is -2.18. The van der Waals surface area contributed by atoms with E-state index in [1.54, 1.807) is 60.7 Å². The van der Waals surface area contributed by atoms with Crippen molar-refractivity contribution in [2.45, 2.75) is 6.10 Å². The van der Waals surface area contributed by atoms with Crippen molar-refractivity contribution in [3.63, 3.8) is 0 Å². The van der Waals surface area contributed by atoms with Crippen molar-refractivity contribution in [2.75, 3.05) is 13.1 Å². The zero-order valence-corrected chi connectivity index (χ0v) is 18.4. The molecule has 10 nitrogen and oxygen atoms in total. The zero-order valence-electron chi connectivity index (χ0n) is 18.4. The third-order valence-corrected chi connectivity index (χ3v) is 4.83. The molecule has 0 saturated carbocycles. The van der Waals surface area contributed by atoms with Gasteiger partial charge in [0, 0.05) is 28.8 Å². The normalized spacial score (nSPS) is 11.1. The van der Waals surface area contributed by atoms with Crippen LogP contribution in [-0.4, -0.2) is 41.6 Å². The second-order valence-corrected chi connectivity index (χ2v) is 7.27. The minimum absolute atomic E-state index is 0.184. The summed E-state index contributed by atoms with van der Waals surface area (Å²) in [5, 5.41) is 15.7. The van der Waals surface area contributed by atoms with Gasteiger partial charge in [-0.2, -0.15) is 0 Å². The van der Waals surface area contributed by atoms with Crippen LogP contribution in [0.1, 0.15) is 32.4 Å². The molecule has 0 aliphatic carbocycles. The van der Waals surface area contributed by atoms with E-state index in [0.29, 0.717) is 5.56 Å². The number of nitrogens with one attached hydrogen (secondary N) is 2. The van der Waals surface area contributed by atoms with Crippen LogP contribution >= 0.6 is 0 Å². The van der Waals surface area contributed by atoms with Crippen molar-refractivity contribution in [3.05, 3.63) is 112 Å². The molecular formula is C25H21N3O7. The maximum atomic E-state index is 13.0. The van der Waals surface area contributed by atoms with E-state index in [9.17, 15) is 29.3 Å². The molecule has 0 aromatic heterocycles. The molecule has 35 heavy (non-hydrogen) atoms. The average Bonchev–Trinajstić information content (AvgIpc) is 2.89. The number of carbonyl (C=O) groups excluding carboxylic acids is 4. The van der Waals surface area contributed by atoms with Gasteiger partial charge in [-0.1, -0.05) is 48.5 Å². The van der Waals surface area contributed by atoms with Crippen LogP contribution in [0.25, 0.3) is 0 Å². The molecule has 0 saturated heterocycles. The van der Waals surface area contributed by atoms with E-state index in [1.807, 2.05) is 0 Å². The summed E-state index contributed by atoms with van der Waals surface area (Å²) in [7, 11) is 0. The predicted molar refractivity (Wildman–Crippen MR) is 124 cm³/mol. The van der Waals surface area contributed by atoms with E-state index in [1.165, 1.54) is 24.3 Å². The molecule has 10 heteroatoms. The average molecular weight is 475 g/mol. The highest BCUT2D eigenvalue weighted by Crippen LogP contribution is 2.25. The molecule has 0 bridgehead atoms. The van der Waals surface area contributed by atoms with Crippen molar-refractivity contribution < 1.29 is 28.8 Å². The third kappa shape index (κ3) is 7.06. The highest BCUT2D eigenvalue weighted by Gasteiger charge is 2.27. The number of hydrogen-bond acceptors (Lipinski definition) is 7. The fourth-order valence-electron chi connectivity index (χ4n) is 3.06. The lowest BCUT2D eigenvalue weighted by atomic mass is 9.99. The van der Waals surface area contributed by atoms with Gasteiger partial charge in [0.1, 0.15) is 6.54 Å². The van der Waals surface area contributed by atoms with Crippen LogP contribution in [0.5, 0.6) is 0 Å². The molecule has 0 spiro atoms. The molecule has 2 amide bonds. The van der Waals surface area contributed by atoms with Crippen LogP contribution in [-0.2, 0) is 14.3 Å². The number of nitro groups is 1. The Morgan fingerprint density at radius 2 is 1.34 bits per heavy atom. The third-order valence-electron chi connectivity index (χ3n) is 4.83. The Kier molecular flexibility index (Phi) is 8.38. The van der Waals surface area contributed by atoms with E-state index in [-0.39, 0.29) is 23.4 Å². The van der Waals surface area contributed by atoms with Gasteiger partial charge in [-0.05, 0) is 24.3 Å². The summed E-state index contributed by atoms with van der Waals surface area (Å²) in [5.41, 5.74) is 0.705. The molecule has 2 N–H and O–H groups in total. The van der Waals surface area contributed by atoms with Crippen molar-refractivity contribution in [1.29, 1.82) is 0 Å². The second kappa shape index (κ2) is 11.8. The molecule has 1 unspecified atom stereocenters. The van der Waals surface area contributed by atoms with Crippen LogP contribution < -0.4 is 10.6 Å². The maximum Gasteiger partial charge on any atom is 0.326 e. The van der Waals surface area contributed by atoms with Gasteiger partial charge in [-0.15, -0.1) is 0 Å². The fourth-order valence-corrected chi connectivity index (χ4v) is 3.06. The van der Waals surface area contributed by atoms with Crippen molar-refractivity contribution in [3.8, 4) is 0 Å². The number of carbonyl (C=O) groups is 4. The fraction of sp³-hybridized carbons (Fsp3) is 0.120. The first-order chi connectivity index (χ1) is 16.8. The van der Waals surface area contributed by atoms with Gasteiger partial charge in [-0.3, -0.25) is 29.3 Å². The minimum atomic E-state index is -1.37. The van der Waals surface area contributed by atoms with E-state index >= 15 is 0 Å². The smallest absolute Gasteiger partial charge is 0.326 e. The van der Waals surface area contributed by atoms with Gasteiger partial charge in [0.25, 0.3) is 11.6 Å². The Balaban J connectivity index is 1.61. The topological polar surface area (TPSA) is 145 Å². The molecule has 1 atom stereocenters. The Bertz CT molecular complexity index is 1210. The van der Waals surface area contributed by atoms with Crippen LogP contribution in [0.15, 0.2) is 84.9 Å². The van der Waals surface area contributed by atoms with E-state index in [0.717, 1.165) is 0 Å². The molecule has 0 heterocycles. The lowest BCUT2D eigenvalue weighted by Crippen LogP contribution is -2.39. The number of Topliss-reactive ketones (excluding diaryl/α,β-unsaturated/α-hetero) is 1. The molecule has 3 aromatic carbocycles. The lowest BCUT2D eigenvalue weighted by molar-refractivity contribution is -0.384. The van der Waals surface area contributed by atoms with Crippen molar-refractivity contribution in [1.82, 2.24) is 10.6 Å². The zero-order chi connectivity index (χ0) is 25.2. The maximum absolute atomic E-state index is 13.0. The first-order valence-electron chi connectivity index (χ1n) is 10.5. The summed E-state index contributed by atoms with van der Waals surface area (Å²) in [6.07, 6.45) is -1.37. The SMILES string of the molecule is O=C(CNC(=O)c1ccccc1)NCC(=O)OC(C(=O)c1ccccc1)c1ccc([N+](=O)[O-])cc1. The number of amides is 2. The van der Waals surface area contributed by atoms with Crippen LogP contribution in [0, 0.1) is 10.1 Å². The quantitative estimate of drug-likeness (QED) is 0.198. The molecule has 3 rings (SSSR count). The Labute approximate surface area is 200 Å². The summed E-state index contributed by atoms with van der Waals surface area (Å²) in [6, 6.07) is 21.5. The number of non-ortho nitro benzene ring substituents is 1. The molecule has 0 fully saturated rings. The Morgan fingerprint density at radius 3 is 1.91 bits per heavy atom. The van der Waals surface area contributed by atoms with Crippen LogP contribution in [0.3, 0.4) is 0 Å². The van der Waals surface area contributed by atoms with Crippen molar-refractivity contribution in [2.24, 2.45) is 0 Å². The van der Waals surface area contributed by atoms with Crippen molar-refractivity contribution >= 4 is 29.3 Å². The number of ketones is 1. The summed E-state index contributed by atoms with van der Waals surface area (Å²) >= 11 is 0. The van der Waals surface area contributed by atoms with Gasteiger partial charge in [0.2, 0.25) is 11.7 Å². The molecule has 178 valence electrons. The molecular weight excluding hydrogens is 454 g/mol. The summed E-state index contributed by atoms with van der Waals surface area (Å²) in [5.74, 6) is -2.52. The van der Waals surface area contributed by atoms with Gasteiger partial charge < -0.3 is 15.4 Å². The standard InChI is InChI=1S/C25H21N3O7/c29-21(15-27-25(32)19-9-5-2-6-10-19)26-16-22(30)35-24(23(31)17-7-3-1-4-8-17)18-11-13-20(14-12-18)28(33)34/h1-14,24H,15-16H2,(H,26,29)(H,27,32). The molecule has 3 aromatic rings. The number of esters is 1. The summed E-state index contributed by atoms with van der Waals surface area (Å²) in [6.45, 7) is -0.915. The number of nitrogens with zero attached hydrogens (tertiary/aromatic N) is 1. The number of rotatable bonds is 10. The number of nitro benzene ring substituents is 1. The van der Waals surface area contributed by atoms with Gasteiger partial charge in [0.15, 0.2) is 6.10 Å². The Hall–Kier alpha value is -4.86. The van der Waals surface area contributed by atoms with Gasteiger partial charge >= 0.3 is 5.97 Å². The number of ether oxygens (including phenoxy) is 1. The monoisotopic (exact) mass is 475 g/mol. The summed E-state index contributed by atoms with van der Waals surface area (Å²) in [4.78, 5) is 59.8. The van der Waals surface area contributed by atoms with E-state index in [4.69, 9.17) is 4.74 Å². The molecule has 0 aliphatic heterocycles. The molecule has 0 radical (unpaired) electrons. The van der Waals surface area contributed by atoms with Gasteiger partial charge in [-0.25, -0.2) is 0 Å². The first-order valence-corrected chi connectivity index (χ1v) is 10.5. The van der Waals surface area contributed by atoms with E-state index in [2.05, 4.69) is 10.6 Å². The van der Waals surface area contributed by atoms with Crippen LogP contribution in [0.2, 0.25) is 0 Å². The highest BCUT2D eigenvalue weighted by atomic mass is 16.6. The minimum Gasteiger partial charge on any atom is -0.448 e. The van der Waals surface area contributed by atoms with Crippen LogP contribution in [0.4, 0.5) is 5.69 Å². The Morgan fingerprint density at radius 1 is 0.771 bits per heavy atom. The predicted octanol–water partition coefficient (Wildman–Crippen LogP) is 2.61. The number of benzene rings is 3. The first kappa shape index (κ1) is 24.8. The summed E-state index contributed by atoms with van der Waals surface area (Å²) < 4.78 is 5.34. The second-order valence-electron chi connectivity index (χ2n) is 7.27. The molecule has 0 aliphatic rings. The largest absolute Gasteiger partial charge is 0.448 e. The number of hydrogen-bond donors (Lipinski definition) is 2. The highest BCUT2D eigenvalue weighted by molar-refractivity contribution is 6.01.